The van der Waals surface area contributed by atoms with Gasteiger partial charge in [0, 0.05) is 31.7 Å². The lowest BCUT2D eigenvalue weighted by Crippen LogP contribution is -2.50. The molecule has 0 aromatic heterocycles. The summed E-state index contributed by atoms with van der Waals surface area (Å²) in [5, 5.41) is 0. The molecule has 0 unspecified atom stereocenters. The molecule has 1 heterocycles. The molecule has 0 spiro atoms. The minimum atomic E-state index is -3.19. The Morgan fingerprint density at radius 1 is 0.920 bits per heavy atom. The molecular weight excluding hydrogens is 336 g/mol. The Hall–Kier alpha value is -2.18. The number of amides is 1. The van der Waals surface area contributed by atoms with Gasteiger partial charge in [-0.25, -0.2) is 8.42 Å². The molecule has 0 aliphatic carbocycles. The molecule has 2 aromatic carbocycles. The Labute approximate surface area is 148 Å². The summed E-state index contributed by atoms with van der Waals surface area (Å²) in [4.78, 5) is 14.7. The molecule has 6 heteroatoms. The summed E-state index contributed by atoms with van der Waals surface area (Å²) in [6.45, 7) is 1.55. The zero-order chi connectivity index (χ0) is 17.9. The van der Waals surface area contributed by atoms with E-state index in [9.17, 15) is 13.2 Å². The molecule has 0 atom stereocenters. The number of sulfonamides is 1. The second-order valence-corrected chi connectivity index (χ2v) is 8.26. The highest BCUT2D eigenvalue weighted by Crippen LogP contribution is 2.18. The van der Waals surface area contributed by atoms with Crippen LogP contribution >= 0.6 is 0 Å². The number of nitrogens with zero attached hydrogens (tertiary/aromatic N) is 2. The molecule has 1 aliphatic heterocycles. The van der Waals surface area contributed by atoms with Gasteiger partial charge in [-0.3, -0.25) is 4.79 Å². The molecule has 1 aliphatic rings. The van der Waals surface area contributed by atoms with E-state index in [0.29, 0.717) is 38.2 Å². The predicted molar refractivity (Wildman–Crippen MR) is 98.0 cm³/mol. The Balaban J connectivity index is 1.75. The van der Waals surface area contributed by atoms with Crippen molar-refractivity contribution >= 4 is 15.9 Å². The van der Waals surface area contributed by atoms with Crippen molar-refractivity contribution in [2.75, 3.05) is 32.4 Å². The lowest BCUT2D eigenvalue weighted by Gasteiger charge is -2.33. The Morgan fingerprint density at radius 3 is 2.16 bits per heavy atom. The third-order valence-corrected chi connectivity index (χ3v) is 5.78. The smallest absolute Gasteiger partial charge is 0.254 e. The molecule has 0 saturated carbocycles. The molecule has 5 nitrogen and oxygen atoms in total. The van der Waals surface area contributed by atoms with Gasteiger partial charge in [0.2, 0.25) is 10.0 Å². The SMILES string of the molecule is CS(=O)(=O)N1CCN(C(=O)c2ccccc2Cc2ccccc2)CC1. The molecule has 1 amide bonds. The van der Waals surface area contributed by atoms with E-state index in [1.807, 2.05) is 54.6 Å². The first kappa shape index (κ1) is 17.6. The summed E-state index contributed by atoms with van der Waals surface area (Å²) in [5.41, 5.74) is 2.84. The maximum atomic E-state index is 12.9. The van der Waals surface area contributed by atoms with E-state index in [1.165, 1.54) is 10.6 Å². The van der Waals surface area contributed by atoms with Gasteiger partial charge in [-0.1, -0.05) is 48.5 Å². The molecule has 1 fully saturated rings. The van der Waals surface area contributed by atoms with Crippen molar-refractivity contribution in [1.82, 2.24) is 9.21 Å². The van der Waals surface area contributed by atoms with E-state index < -0.39 is 10.0 Å². The van der Waals surface area contributed by atoms with Gasteiger partial charge in [-0.05, 0) is 23.6 Å². The van der Waals surface area contributed by atoms with Crippen LogP contribution in [0.4, 0.5) is 0 Å². The minimum absolute atomic E-state index is 0.0281. The molecular formula is C19H22N2O3S. The summed E-state index contributed by atoms with van der Waals surface area (Å²) in [5.74, 6) is -0.0281. The highest BCUT2D eigenvalue weighted by atomic mass is 32.2. The third-order valence-electron chi connectivity index (χ3n) is 4.48. The van der Waals surface area contributed by atoms with E-state index >= 15 is 0 Å². The van der Waals surface area contributed by atoms with Crippen molar-refractivity contribution in [3.63, 3.8) is 0 Å². The van der Waals surface area contributed by atoms with Crippen molar-refractivity contribution in [2.24, 2.45) is 0 Å². The number of carbonyl (C=O) groups is 1. The summed E-state index contributed by atoms with van der Waals surface area (Å²) < 4.78 is 24.6. The number of hydrogen-bond acceptors (Lipinski definition) is 3. The number of hydrogen-bond donors (Lipinski definition) is 0. The van der Waals surface area contributed by atoms with Crippen LogP contribution in [0.25, 0.3) is 0 Å². The fourth-order valence-electron chi connectivity index (χ4n) is 3.09. The van der Waals surface area contributed by atoms with Gasteiger partial charge in [0.15, 0.2) is 0 Å². The number of piperazine rings is 1. The number of rotatable bonds is 4. The number of carbonyl (C=O) groups excluding carboxylic acids is 1. The van der Waals surface area contributed by atoms with Crippen LogP contribution in [-0.2, 0) is 16.4 Å². The largest absolute Gasteiger partial charge is 0.336 e. The van der Waals surface area contributed by atoms with E-state index in [2.05, 4.69) is 0 Å². The standard InChI is InChI=1S/C19H22N2O3S/c1-25(23,24)21-13-11-20(12-14-21)19(22)18-10-6-5-9-17(18)15-16-7-3-2-4-8-16/h2-10H,11-15H2,1H3. The summed E-state index contributed by atoms with van der Waals surface area (Å²) >= 11 is 0. The lowest BCUT2D eigenvalue weighted by molar-refractivity contribution is 0.0697. The van der Waals surface area contributed by atoms with E-state index in [-0.39, 0.29) is 5.91 Å². The minimum Gasteiger partial charge on any atom is -0.336 e. The Kier molecular flexibility index (Phi) is 5.20. The normalized spacial score (nSPS) is 16.0. The second kappa shape index (κ2) is 7.37. The molecule has 1 saturated heterocycles. The third kappa shape index (κ3) is 4.27. The average Bonchev–Trinajstić information content (AvgIpc) is 2.62. The molecule has 25 heavy (non-hydrogen) atoms. The zero-order valence-electron chi connectivity index (χ0n) is 14.3. The van der Waals surface area contributed by atoms with Crippen molar-refractivity contribution < 1.29 is 13.2 Å². The maximum Gasteiger partial charge on any atom is 0.254 e. The monoisotopic (exact) mass is 358 g/mol. The topological polar surface area (TPSA) is 57.7 Å². The van der Waals surface area contributed by atoms with Crippen molar-refractivity contribution in [1.29, 1.82) is 0 Å². The molecule has 0 bridgehead atoms. The summed E-state index contributed by atoms with van der Waals surface area (Å²) in [6.07, 6.45) is 1.91. The maximum absolute atomic E-state index is 12.9. The quantitative estimate of drug-likeness (QED) is 0.840. The van der Waals surface area contributed by atoms with Gasteiger partial charge in [-0.15, -0.1) is 0 Å². The zero-order valence-corrected chi connectivity index (χ0v) is 15.1. The Morgan fingerprint density at radius 2 is 1.52 bits per heavy atom. The first-order valence-electron chi connectivity index (χ1n) is 8.31. The van der Waals surface area contributed by atoms with E-state index in [1.54, 1.807) is 4.90 Å². The van der Waals surface area contributed by atoms with Gasteiger partial charge in [0.25, 0.3) is 5.91 Å². The molecule has 2 aromatic rings. The molecule has 0 radical (unpaired) electrons. The number of benzene rings is 2. The van der Waals surface area contributed by atoms with Crippen molar-refractivity contribution in [3.05, 3.63) is 71.3 Å². The van der Waals surface area contributed by atoms with Crippen LogP contribution < -0.4 is 0 Å². The average molecular weight is 358 g/mol. The fourth-order valence-corrected chi connectivity index (χ4v) is 3.92. The Bertz CT molecular complexity index is 842. The highest BCUT2D eigenvalue weighted by Gasteiger charge is 2.27. The predicted octanol–water partition coefficient (Wildman–Crippen LogP) is 1.99. The van der Waals surface area contributed by atoms with E-state index in [4.69, 9.17) is 0 Å². The lowest BCUT2D eigenvalue weighted by atomic mass is 9.99. The van der Waals surface area contributed by atoms with Gasteiger partial charge in [-0.2, -0.15) is 4.31 Å². The van der Waals surface area contributed by atoms with Gasteiger partial charge >= 0.3 is 0 Å². The van der Waals surface area contributed by atoms with Gasteiger partial charge < -0.3 is 4.90 Å². The fraction of sp³-hybridized carbons (Fsp3) is 0.316. The molecule has 3 rings (SSSR count). The first-order valence-corrected chi connectivity index (χ1v) is 10.2. The van der Waals surface area contributed by atoms with Gasteiger partial charge in [0.1, 0.15) is 0 Å². The molecule has 0 N–H and O–H groups in total. The van der Waals surface area contributed by atoms with Crippen LogP contribution in [0.3, 0.4) is 0 Å². The second-order valence-electron chi connectivity index (χ2n) is 6.27. The van der Waals surface area contributed by atoms with Crippen LogP contribution in [-0.4, -0.2) is 56.0 Å². The van der Waals surface area contributed by atoms with Crippen LogP contribution in [0, 0.1) is 0 Å². The van der Waals surface area contributed by atoms with E-state index in [0.717, 1.165) is 11.1 Å². The van der Waals surface area contributed by atoms with Crippen molar-refractivity contribution in [2.45, 2.75) is 6.42 Å². The van der Waals surface area contributed by atoms with Crippen LogP contribution in [0.15, 0.2) is 54.6 Å². The van der Waals surface area contributed by atoms with Gasteiger partial charge in [0.05, 0.1) is 6.26 Å². The van der Waals surface area contributed by atoms with Crippen LogP contribution in [0.1, 0.15) is 21.5 Å². The highest BCUT2D eigenvalue weighted by molar-refractivity contribution is 7.88. The van der Waals surface area contributed by atoms with Crippen molar-refractivity contribution in [3.8, 4) is 0 Å². The first-order chi connectivity index (χ1) is 11.9. The van der Waals surface area contributed by atoms with Crippen LogP contribution in [0.5, 0.6) is 0 Å². The summed E-state index contributed by atoms with van der Waals surface area (Å²) in [6, 6.07) is 17.7. The van der Waals surface area contributed by atoms with Crippen LogP contribution in [0.2, 0.25) is 0 Å². The summed E-state index contributed by atoms with van der Waals surface area (Å²) in [7, 11) is -3.19. The molecule has 132 valence electrons.